The normalized spacial score (nSPS) is 10.6. The summed E-state index contributed by atoms with van der Waals surface area (Å²) < 4.78 is 0. The molecule has 0 aliphatic rings. The fourth-order valence-corrected chi connectivity index (χ4v) is 1.08. The highest BCUT2D eigenvalue weighted by molar-refractivity contribution is 6.30. The Morgan fingerprint density at radius 3 is 2.53 bits per heavy atom. The van der Waals surface area contributed by atoms with E-state index >= 15 is 0 Å². The topological polar surface area (TPSA) is 78.9 Å². The van der Waals surface area contributed by atoms with Gasteiger partial charge in [0.15, 0.2) is 0 Å². The van der Waals surface area contributed by atoms with E-state index < -0.39 is 5.91 Å². The van der Waals surface area contributed by atoms with E-state index in [1.165, 1.54) is 6.08 Å². The lowest BCUT2D eigenvalue weighted by atomic mass is 10.1. The molecule has 0 atom stereocenters. The summed E-state index contributed by atoms with van der Waals surface area (Å²) in [6.07, 6.45) is 1.43. The second kappa shape index (κ2) is 5.15. The third-order valence-corrected chi connectivity index (χ3v) is 1.93. The van der Waals surface area contributed by atoms with Crippen LogP contribution in [-0.2, 0) is 4.79 Å². The second-order valence-corrected chi connectivity index (χ2v) is 3.13. The predicted octanol–water partition coefficient (Wildman–Crippen LogP) is 1.24. The van der Waals surface area contributed by atoms with E-state index in [0.717, 1.165) is 0 Å². The largest absolute Gasteiger partial charge is 0.290 e. The molecular weight excluding hydrogens is 214 g/mol. The molecule has 0 heterocycles. The molecule has 0 spiro atoms. The van der Waals surface area contributed by atoms with Gasteiger partial charge in [-0.05, 0) is 23.8 Å². The van der Waals surface area contributed by atoms with Crippen LogP contribution in [0.15, 0.2) is 29.8 Å². The molecule has 0 bridgehead atoms. The van der Waals surface area contributed by atoms with Crippen LogP contribution in [0.2, 0.25) is 5.02 Å². The zero-order valence-electron chi connectivity index (χ0n) is 7.70. The van der Waals surface area contributed by atoms with Crippen molar-refractivity contribution in [2.24, 2.45) is 5.84 Å². The Hall–Kier alpha value is -1.83. The summed E-state index contributed by atoms with van der Waals surface area (Å²) >= 11 is 5.69. The summed E-state index contributed by atoms with van der Waals surface area (Å²) in [7, 11) is 0. The minimum Gasteiger partial charge on any atom is -0.290 e. The van der Waals surface area contributed by atoms with E-state index in [4.69, 9.17) is 22.7 Å². The van der Waals surface area contributed by atoms with Gasteiger partial charge in [0.2, 0.25) is 0 Å². The number of halogens is 1. The fraction of sp³-hybridized carbons (Fsp3) is 0. The zero-order valence-corrected chi connectivity index (χ0v) is 8.45. The molecule has 1 aromatic rings. The van der Waals surface area contributed by atoms with Crippen molar-refractivity contribution in [1.29, 1.82) is 5.26 Å². The van der Waals surface area contributed by atoms with Gasteiger partial charge in [-0.2, -0.15) is 5.26 Å². The summed E-state index contributed by atoms with van der Waals surface area (Å²) in [5.41, 5.74) is 2.54. The lowest BCUT2D eigenvalue weighted by Crippen LogP contribution is -2.30. The van der Waals surface area contributed by atoms with Gasteiger partial charge in [0.1, 0.15) is 11.6 Å². The molecule has 15 heavy (non-hydrogen) atoms. The van der Waals surface area contributed by atoms with Gasteiger partial charge in [0, 0.05) is 5.02 Å². The molecule has 4 nitrogen and oxygen atoms in total. The van der Waals surface area contributed by atoms with Crippen molar-refractivity contribution < 1.29 is 4.79 Å². The van der Waals surface area contributed by atoms with Crippen molar-refractivity contribution in [3.8, 4) is 6.07 Å². The maximum atomic E-state index is 11.1. The van der Waals surface area contributed by atoms with Crippen LogP contribution in [0.1, 0.15) is 5.56 Å². The number of amides is 1. The van der Waals surface area contributed by atoms with Crippen molar-refractivity contribution >= 4 is 23.6 Å². The fourth-order valence-electron chi connectivity index (χ4n) is 0.952. The number of nitrogens with two attached hydrogens (primary N) is 1. The number of hydrazine groups is 1. The first-order valence-corrected chi connectivity index (χ1v) is 4.43. The lowest BCUT2D eigenvalue weighted by Gasteiger charge is -1.97. The number of nitriles is 1. The van der Waals surface area contributed by atoms with E-state index in [2.05, 4.69) is 0 Å². The van der Waals surface area contributed by atoms with Gasteiger partial charge in [-0.3, -0.25) is 10.2 Å². The standard InChI is InChI=1S/C10H8ClN3O/c11-9-3-1-7(2-4-9)5-8(6-12)10(15)14-13/h1-5H,13H2,(H,14,15). The van der Waals surface area contributed by atoms with Gasteiger partial charge in [0.05, 0.1) is 0 Å². The third-order valence-electron chi connectivity index (χ3n) is 1.68. The number of hydrogen-bond acceptors (Lipinski definition) is 3. The van der Waals surface area contributed by atoms with Crippen LogP contribution in [0.3, 0.4) is 0 Å². The number of benzene rings is 1. The van der Waals surface area contributed by atoms with Crippen molar-refractivity contribution in [2.45, 2.75) is 0 Å². The first-order chi connectivity index (χ1) is 7.17. The van der Waals surface area contributed by atoms with Gasteiger partial charge in [-0.15, -0.1) is 0 Å². The SMILES string of the molecule is N#CC(=Cc1ccc(Cl)cc1)C(=O)NN. The Labute approximate surface area is 91.9 Å². The average molecular weight is 222 g/mol. The molecule has 76 valence electrons. The van der Waals surface area contributed by atoms with Crippen LogP contribution < -0.4 is 11.3 Å². The van der Waals surface area contributed by atoms with E-state index in [-0.39, 0.29) is 5.57 Å². The summed E-state index contributed by atoms with van der Waals surface area (Å²) in [5.74, 6) is 4.30. The number of carbonyl (C=O) groups is 1. The van der Waals surface area contributed by atoms with Crippen molar-refractivity contribution in [3.05, 3.63) is 40.4 Å². The van der Waals surface area contributed by atoms with Gasteiger partial charge in [-0.1, -0.05) is 23.7 Å². The molecule has 1 aromatic carbocycles. The Kier molecular flexibility index (Phi) is 3.86. The average Bonchev–Trinajstić information content (AvgIpc) is 2.27. The number of rotatable bonds is 2. The molecule has 0 aromatic heterocycles. The Bertz CT molecular complexity index is 431. The molecule has 0 aliphatic carbocycles. The van der Waals surface area contributed by atoms with E-state index in [1.807, 2.05) is 5.43 Å². The van der Waals surface area contributed by atoms with Crippen molar-refractivity contribution in [1.82, 2.24) is 5.43 Å². The summed E-state index contributed by atoms with van der Waals surface area (Å²) in [5, 5.41) is 9.27. The molecule has 5 heteroatoms. The van der Waals surface area contributed by atoms with Gasteiger partial charge < -0.3 is 0 Å². The number of nitrogens with one attached hydrogen (secondary N) is 1. The highest BCUT2D eigenvalue weighted by Crippen LogP contribution is 2.12. The summed E-state index contributed by atoms with van der Waals surface area (Å²) in [4.78, 5) is 11.1. The molecule has 0 fully saturated rings. The minimum atomic E-state index is -0.618. The van der Waals surface area contributed by atoms with E-state index in [1.54, 1.807) is 30.3 Å². The van der Waals surface area contributed by atoms with Gasteiger partial charge in [-0.25, -0.2) is 5.84 Å². The van der Waals surface area contributed by atoms with Crippen LogP contribution >= 0.6 is 11.6 Å². The van der Waals surface area contributed by atoms with Gasteiger partial charge in [0.25, 0.3) is 5.91 Å². The van der Waals surface area contributed by atoms with Crippen LogP contribution in [-0.4, -0.2) is 5.91 Å². The quantitative estimate of drug-likeness (QED) is 0.259. The van der Waals surface area contributed by atoms with E-state index in [9.17, 15) is 4.79 Å². The first-order valence-electron chi connectivity index (χ1n) is 4.05. The number of nitrogens with zero attached hydrogens (tertiary/aromatic N) is 1. The van der Waals surface area contributed by atoms with Crippen molar-refractivity contribution in [3.63, 3.8) is 0 Å². The molecule has 0 saturated carbocycles. The smallest absolute Gasteiger partial charge is 0.275 e. The van der Waals surface area contributed by atoms with Crippen molar-refractivity contribution in [2.75, 3.05) is 0 Å². The molecule has 3 N–H and O–H groups in total. The molecular formula is C10H8ClN3O. The molecule has 1 rings (SSSR count). The summed E-state index contributed by atoms with van der Waals surface area (Å²) in [6, 6.07) is 8.49. The van der Waals surface area contributed by atoms with Crippen LogP contribution in [0, 0.1) is 11.3 Å². The Morgan fingerprint density at radius 2 is 2.07 bits per heavy atom. The second-order valence-electron chi connectivity index (χ2n) is 2.69. The highest BCUT2D eigenvalue weighted by atomic mass is 35.5. The number of carbonyl (C=O) groups excluding carboxylic acids is 1. The maximum Gasteiger partial charge on any atom is 0.275 e. The third kappa shape index (κ3) is 3.09. The molecule has 0 saturated heterocycles. The highest BCUT2D eigenvalue weighted by Gasteiger charge is 2.05. The zero-order chi connectivity index (χ0) is 11.3. The van der Waals surface area contributed by atoms with Gasteiger partial charge >= 0.3 is 0 Å². The first kappa shape index (κ1) is 11.2. The summed E-state index contributed by atoms with van der Waals surface area (Å²) in [6.45, 7) is 0. The lowest BCUT2D eigenvalue weighted by molar-refractivity contribution is -0.117. The van der Waals surface area contributed by atoms with Crippen LogP contribution in [0.25, 0.3) is 6.08 Å². The molecule has 0 aliphatic heterocycles. The Morgan fingerprint density at radius 1 is 1.47 bits per heavy atom. The number of hydrogen-bond donors (Lipinski definition) is 2. The maximum absolute atomic E-state index is 11.1. The van der Waals surface area contributed by atoms with Crippen LogP contribution in [0.5, 0.6) is 0 Å². The molecule has 0 unspecified atom stereocenters. The predicted molar refractivity (Wildman–Crippen MR) is 57.4 cm³/mol. The van der Waals surface area contributed by atoms with E-state index in [0.29, 0.717) is 10.6 Å². The molecule has 1 amide bonds. The molecule has 0 radical (unpaired) electrons. The van der Waals surface area contributed by atoms with Crippen LogP contribution in [0.4, 0.5) is 0 Å². The monoisotopic (exact) mass is 221 g/mol. The minimum absolute atomic E-state index is 0.0557. The Balaban J connectivity index is 3.00.